The highest BCUT2D eigenvalue weighted by molar-refractivity contribution is 7.99. The zero-order chi connectivity index (χ0) is 11.3. The van der Waals surface area contributed by atoms with Crippen molar-refractivity contribution < 1.29 is 4.92 Å². The Morgan fingerprint density at radius 1 is 1.60 bits per heavy atom. The predicted molar refractivity (Wildman–Crippen MR) is 62.0 cm³/mol. The molecule has 0 fully saturated rings. The van der Waals surface area contributed by atoms with Gasteiger partial charge in [-0.2, -0.15) is 0 Å². The third-order valence-electron chi connectivity index (χ3n) is 1.51. The Balaban J connectivity index is 2.81. The van der Waals surface area contributed by atoms with E-state index in [2.05, 4.69) is 4.98 Å². The maximum absolute atomic E-state index is 10.7. The first-order valence-corrected chi connectivity index (χ1v) is 6.03. The molecule has 0 amide bonds. The summed E-state index contributed by atoms with van der Waals surface area (Å²) in [4.78, 5) is 14.1. The van der Waals surface area contributed by atoms with Crippen molar-refractivity contribution in [3.63, 3.8) is 0 Å². The van der Waals surface area contributed by atoms with Crippen LogP contribution in [0.1, 0.15) is 6.42 Å². The van der Waals surface area contributed by atoms with Crippen LogP contribution in [-0.4, -0.2) is 21.5 Å². The number of aromatic nitrogens is 1. The van der Waals surface area contributed by atoms with Gasteiger partial charge in [0.05, 0.1) is 9.95 Å². The quantitative estimate of drug-likeness (QED) is 0.270. The van der Waals surface area contributed by atoms with Crippen molar-refractivity contribution in [3.05, 3.63) is 27.4 Å². The van der Waals surface area contributed by atoms with Gasteiger partial charge in [0, 0.05) is 23.9 Å². The van der Waals surface area contributed by atoms with Gasteiger partial charge in [-0.3, -0.25) is 10.1 Å². The molecule has 0 saturated carbocycles. The molecule has 7 heteroatoms. The van der Waals surface area contributed by atoms with Gasteiger partial charge in [0.25, 0.3) is 0 Å². The van der Waals surface area contributed by atoms with Crippen LogP contribution in [0.15, 0.2) is 17.3 Å². The summed E-state index contributed by atoms with van der Waals surface area (Å²) in [6.07, 6.45) is 2.19. The lowest BCUT2D eigenvalue weighted by atomic mass is 10.4. The molecule has 15 heavy (non-hydrogen) atoms. The smallest absolute Gasteiger partial charge is 0.258 e. The minimum absolute atomic E-state index is 0.0536. The van der Waals surface area contributed by atoms with Crippen LogP contribution in [0.2, 0.25) is 5.02 Å². The second kappa shape index (κ2) is 6.15. The van der Waals surface area contributed by atoms with E-state index in [0.717, 1.165) is 6.42 Å². The van der Waals surface area contributed by atoms with E-state index in [4.69, 9.17) is 23.2 Å². The lowest BCUT2D eigenvalue weighted by Gasteiger charge is -2.00. The van der Waals surface area contributed by atoms with E-state index in [-0.39, 0.29) is 10.7 Å². The van der Waals surface area contributed by atoms with E-state index in [1.54, 1.807) is 0 Å². The fourth-order valence-electron chi connectivity index (χ4n) is 0.881. The molecule has 0 spiro atoms. The normalized spacial score (nSPS) is 10.3. The molecule has 0 radical (unpaired) electrons. The van der Waals surface area contributed by atoms with E-state index in [1.807, 2.05) is 0 Å². The first kappa shape index (κ1) is 12.5. The van der Waals surface area contributed by atoms with Crippen LogP contribution in [0.5, 0.6) is 0 Å². The third kappa shape index (κ3) is 3.85. The standard InChI is InChI=1S/C8H8Cl2N2O2S/c9-2-1-3-15-8-7(12(13)14)4-6(10)5-11-8/h4-5H,1-3H2. The maximum Gasteiger partial charge on any atom is 0.302 e. The molecule has 0 unspecified atom stereocenters. The summed E-state index contributed by atoms with van der Waals surface area (Å²) in [5, 5.41) is 11.3. The van der Waals surface area contributed by atoms with E-state index in [1.165, 1.54) is 24.0 Å². The number of hydrogen-bond donors (Lipinski definition) is 0. The van der Waals surface area contributed by atoms with E-state index >= 15 is 0 Å². The van der Waals surface area contributed by atoms with Crippen molar-refractivity contribution in [2.24, 2.45) is 0 Å². The number of alkyl halides is 1. The third-order valence-corrected chi connectivity index (χ3v) is 3.07. The van der Waals surface area contributed by atoms with Crippen LogP contribution >= 0.6 is 35.0 Å². The molecule has 0 aliphatic carbocycles. The lowest BCUT2D eigenvalue weighted by Crippen LogP contribution is -1.94. The summed E-state index contributed by atoms with van der Waals surface area (Å²) in [6, 6.07) is 1.30. The fourth-order valence-corrected chi connectivity index (χ4v) is 2.22. The Labute approximate surface area is 101 Å². The molecule has 0 atom stereocenters. The van der Waals surface area contributed by atoms with Gasteiger partial charge in [-0.1, -0.05) is 23.4 Å². The monoisotopic (exact) mass is 266 g/mol. The Kier molecular flexibility index (Phi) is 5.14. The van der Waals surface area contributed by atoms with E-state index in [0.29, 0.717) is 16.7 Å². The molecule has 0 aromatic carbocycles. The van der Waals surface area contributed by atoms with Crippen LogP contribution in [0.3, 0.4) is 0 Å². The van der Waals surface area contributed by atoms with Crippen LogP contribution in [0.4, 0.5) is 5.69 Å². The molecule has 4 nitrogen and oxygen atoms in total. The Bertz CT molecular complexity index is 362. The van der Waals surface area contributed by atoms with Crippen molar-refractivity contribution in [1.82, 2.24) is 4.98 Å². The molecular weight excluding hydrogens is 259 g/mol. The summed E-state index contributed by atoms with van der Waals surface area (Å²) >= 11 is 12.4. The van der Waals surface area contributed by atoms with Crippen LogP contribution in [0.25, 0.3) is 0 Å². The van der Waals surface area contributed by atoms with Crippen molar-refractivity contribution in [2.45, 2.75) is 11.4 Å². The molecular formula is C8H8Cl2N2O2S. The van der Waals surface area contributed by atoms with E-state index in [9.17, 15) is 10.1 Å². The SMILES string of the molecule is O=[N+]([O-])c1cc(Cl)cnc1SCCCCl. The Morgan fingerprint density at radius 3 is 2.93 bits per heavy atom. The topological polar surface area (TPSA) is 56.0 Å². The van der Waals surface area contributed by atoms with Gasteiger partial charge in [-0.25, -0.2) is 4.98 Å². The zero-order valence-corrected chi connectivity index (χ0v) is 9.98. The number of hydrogen-bond acceptors (Lipinski definition) is 4. The highest BCUT2D eigenvalue weighted by Gasteiger charge is 2.15. The summed E-state index contributed by atoms with van der Waals surface area (Å²) in [6.45, 7) is 0. The second-order valence-corrected chi connectivity index (χ2v) is 4.52. The summed E-state index contributed by atoms with van der Waals surface area (Å²) < 4.78 is 0. The maximum atomic E-state index is 10.7. The molecule has 0 bridgehead atoms. The van der Waals surface area contributed by atoms with Gasteiger partial charge in [0.15, 0.2) is 5.03 Å². The first-order valence-electron chi connectivity index (χ1n) is 4.14. The van der Waals surface area contributed by atoms with Gasteiger partial charge in [-0.15, -0.1) is 11.6 Å². The number of nitrogens with zero attached hydrogens (tertiary/aromatic N) is 2. The number of halogens is 2. The summed E-state index contributed by atoms with van der Waals surface area (Å²) in [5.74, 6) is 1.24. The van der Waals surface area contributed by atoms with Crippen molar-refractivity contribution in [3.8, 4) is 0 Å². The second-order valence-electron chi connectivity index (χ2n) is 2.63. The Morgan fingerprint density at radius 2 is 2.33 bits per heavy atom. The van der Waals surface area contributed by atoms with Crippen LogP contribution in [-0.2, 0) is 0 Å². The number of thioether (sulfide) groups is 1. The van der Waals surface area contributed by atoms with E-state index < -0.39 is 4.92 Å². The predicted octanol–water partition coefficient (Wildman–Crippen LogP) is 3.36. The van der Waals surface area contributed by atoms with Gasteiger partial charge in [-0.05, 0) is 6.42 Å². The number of nitro groups is 1. The first-order chi connectivity index (χ1) is 7.15. The van der Waals surface area contributed by atoms with Gasteiger partial charge < -0.3 is 0 Å². The largest absolute Gasteiger partial charge is 0.302 e. The molecule has 1 aromatic rings. The van der Waals surface area contributed by atoms with Crippen molar-refractivity contribution >= 4 is 40.7 Å². The average Bonchev–Trinajstić information content (AvgIpc) is 2.20. The highest BCUT2D eigenvalue weighted by atomic mass is 35.5. The highest BCUT2D eigenvalue weighted by Crippen LogP contribution is 2.29. The van der Waals surface area contributed by atoms with Crippen LogP contribution < -0.4 is 0 Å². The minimum atomic E-state index is -0.484. The molecule has 0 aliphatic rings. The van der Waals surface area contributed by atoms with Gasteiger partial charge >= 0.3 is 5.69 Å². The van der Waals surface area contributed by atoms with Crippen molar-refractivity contribution in [1.29, 1.82) is 0 Å². The zero-order valence-electron chi connectivity index (χ0n) is 7.65. The van der Waals surface area contributed by atoms with Crippen molar-refractivity contribution in [2.75, 3.05) is 11.6 Å². The summed E-state index contributed by atoms with van der Waals surface area (Å²) in [7, 11) is 0. The number of rotatable bonds is 5. The van der Waals surface area contributed by atoms with Crippen LogP contribution in [0, 0.1) is 10.1 Å². The fraction of sp³-hybridized carbons (Fsp3) is 0.375. The molecule has 1 aromatic heterocycles. The molecule has 0 aliphatic heterocycles. The molecule has 82 valence electrons. The Hall–Kier alpha value is -0.520. The lowest BCUT2D eigenvalue weighted by molar-refractivity contribution is -0.388. The summed E-state index contributed by atoms with van der Waals surface area (Å²) in [5.41, 5.74) is -0.0536. The number of pyridine rings is 1. The molecule has 1 rings (SSSR count). The minimum Gasteiger partial charge on any atom is -0.258 e. The molecule has 0 N–H and O–H groups in total. The average molecular weight is 267 g/mol. The van der Waals surface area contributed by atoms with Gasteiger partial charge in [0.2, 0.25) is 0 Å². The molecule has 0 saturated heterocycles. The molecule has 1 heterocycles. The van der Waals surface area contributed by atoms with Gasteiger partial charge in [0.1, 0.15) is 0 Å².